The highest BCUT2D eigenvalue weighted by atomic mass is 16.5. The van der Waals surface area contributed by atoms with E-state index >= 15 is 0 Å². The molecular weight excluding hydrogens is 478 g/mol. The fourth-order valence-corrected chi connectivity index (χ4v) is 4.89. The standard InChI is InChI=1S/C29H33N7O2/c1-4-13-36-14-5-6-20(17-36)19-7-9-24(18(2)15-19)33-29-34-27-22(11-12-31-27)28(35-29)32-25-10-8-21(38-3)16-23(25)26(30)37/h6-12,15-16H,4-5,13-14,17H2,1-3H3,(H2,30,37)(H3,31,32,33,34,35)/p+1. The number of carbonyl (C=O) groups is 1. The van der Waals surface area contributed by atoms with Gasteiger partial charge in [0.05, 0.1) is 29.4 Å². The van der Waals surface area contributed by atoms with Crippen LogP contribution < -0.4 is 26.1 Å². The maximum absolute atomic E-state index is 12.1. The Labute approximate surface area is 222 Å². The Balaban J connectivity index is 1.42. The number of nitrogens with zero attached hydrogens (tertiary/aromatic N) is 2. The smallest absolute Gasteiger partial charge is 0.351 e. The van der Waals surface area contributed by atoms with Crippen molar-refractivity contribution in [2.24, 2.45) is 5.73 Å². The number of fused-ring (bicyclic) bond motifs is 1. The number of carbonyl (C=O) groups excluding carboxylic acids is 1. The quantitative estimate of drug-likeness (QED) is 0.256. The molecule has 0 saturated carbocycles. The van der Waals surface area contributed by atoms with Crippen molar-refractivity contribution in [3.63, 3.8) is 0 Å². The summed E-state index contributed by atoms with van der Waals surface area (Å²) in [7, 11) is 1.55. The van der Waals surface area contributed by atoms with Crippen LogP contribution in [0.3, 0.4) is 0 Å². The second kappa shape index (κ2) is 10.9. The van der Waals surface area contributed by atoms with Crippen LogP contribution >= 0.6 is 0 Å². The van der Waals surface area contributed by atoms with Crippen LogP contribution in [-0.2, 0) is 0 Å². The minimum atomic E-state index is -0.556. The molecule has 3 heterocycles. The molecule has 4 aromatic rings. The second-order valence-electron chi connectivity index (χ2n) is 9.55. The summed E-state index contributed by atoms with van der Waals surface area (Å²) < 4.78 is 5.25. The fourth-order valence-electron chi connectivity index (χ4n) is 4.89. The Bertz CT molecular complexity index is 1510. The summed E-state index contributed by atoms with van der Waals surface area (Å²) in [5, 5.41) is 7.55. The molecule has 0 bridgehead atoms. The van der Waals surface area contributed by atoms with Crippen molar-refractivity contribution in [1.29, 1.82) is 0 Å². The first-order valence-electron chi connectivity index (χ1n) is 12.9. The summed E-state index contributed by atoms with van der Waals surface area (Å²) in [6.45, 7) is 7.58. The van der Waals surface area contributed by atoms with E-state index in [1.165, 1.54) is 17.6 Å². The summed E-state index contributed by atoms with van der Waals surface area (Å²) in [6, 6.07) is 13.5. The van der Waals surface area contributed by atoms with E-state index in [1.807, 2.05) is 12.3 Å². The van der Waals surface area contributed by atoms with E-state index in [0.29, 0.717) is 28.8 Å². The zero-order chi connectivity index (χ0) is 26.6. The normalized spacial score (nSPS) is 13.8. The van der Waals surface area contributed by atoms with Gasteiger partial charge in [0.25, 0.3) is 5.91 Å². The lowest BCUT2D eigenvalue weighted by molar-refractivity contribution is -0.333. The molecule has 9 nitrogen and oxygen atoms in total. The van der Waals surface area contributed by atoms with Gasteiger partial charge in [0, 0.05) is 19.3 Å². The van der Waals surface area contributed by atoms with Crippen LogP contribution in [0.15, 0.2) is 54.7 Å². The van der Waals surface area contributed by atoms with Crippen molar-refractivity contribution in [2.45, 2.75) is 26.7 Å². The molecule has 1 aliphatic heterocycles. The predicted octanol–water partition coefficient (Wildman–Crippen LogP) is 4.78. The van der Waals surface area contributed by atoms with Crippen LogP contribution in [0.25, 0.3) is 16.6 Å². The summed E-state index contributed by atoms with van der Waals surface area (Å²) in [6.07, 6.45) is 6.45. The first kappa shape index (κ1) is 25.3. The summed E-state index contributed by atoms with van der Waals surface area (Å²) in [4.78, 5) is 25.9. The molecule has 0 radical (unpaired) electrons. The number of nitrogens with one attached hydrogen (secondary N) is 4. The molecule has 1 amide bonds. The predicted molar refractivity (Wildman–Crippen MR) is 151 cm³/mol. The lowest BCUT2D eigenvalue weighted by atomic mass is 9.98. The molecule has 38 heavy (non-hydrogen) atoms. The van der Waals surface area contributed by atoms with Crippen molar-refractivity contribution < 1.29 is 14.5 Å². The van der Waals surface area contributed by atoms with Crippen LogP contribution in [0.1, 0.15) is 41.3 Å². The van der Waals surface area contributed by atoms with Crippen molar-refractivity contribution in [3.8, 4) is 5.75 Å². The number of ether oxygens (including phenoxy) is 1. The molecule has 6 N–H and O–H groups in total. The summed E-state index contributed by atoms with van der Waals surface area (Å²) >= 11 is 0. The molecule has 0 atom stereocenters. The molecule has 2 aromatic heterocycles. The molecule has 196 valence electrons. The van der Waals surface area contributed by atoms with Crippen molar-refractivity contribution in [1.82, 2.24) is 14.9 Å². The Morgan fingerprint density at radius 2 is 2.03 bits per heavy atom. The Morgan fingerprint density at radius 3 is 2.79 bits per heavy atom. The zero-order valence-corrected chi connectivity index (χ0v) is 22.0. The molecule has 9 heteroatoms. The molecule has 0 unspecified atom stereocenters. The first-order valence-corrected chi connectivity index (χ1v) is 12.9. The monoisotopic (exact) mass is 512 g/mol. The number of aromatic nitrogens is 3. The van der Waals surface area contributed by atoms with Crippen molar-refractivity contribution >= 4 is 45.7 Å². The van der Waals surface area contributed by atoms with Crippen LogP contribution in [0.4, 0.5) is 23.1 Å². The molecule has 0 saturated heterocycles. The van der Waals surface area contributed by atoms with Gasteiger partial charge in [0.15, 0.2) is 0 Å². The zero-order valence-electron chi connectivity index (χ0n) is 22.0. The van der Waals surface area contributed by atoms with E-state index in [2.05, 4.69) is 63.6 Å². The largest absolute Gasteiger partial charge is 0.497 e. The van der Waals surface area contributed by atoms with Crippen molar-refractivity contribution in [3.05, 3.63) is 71.4 Å². The molecule has 0 fully saturated rings. The molecule has 0 spiro atoms. The minimum Gasteiger partial charge on any atom is -0.497 e. The molecule has 5 rings (SSSR count). The average Bonchev–Trinajstić information content (AvgIpc) is 3.39. The number of aryl methyl sites for hydroxylation is 1. The van der Waals surface area contributed by atoms with E-state index in [0.717, 1.165) is 48.3 Å². The lowest BCUT2D eigenvalue weighted by Crippen LogP contribution is -2.30. The van der Waals surface area contributed by atoms with Gasteiger partial charge in [-0.25, -0.2) is 4.98 Å². The van der Waals surface area contributed by atoms with Gasteiger partial charge in [-0.3, -0.25) is 20.0 Å². The molecule has 1 aliphatic rings. The van der Waals surface area contributed by atoms with Crippen LogP contribution in [0.5, 0.6) is 5.75 Å². The van der Waals surface area contributed by atoms with E-state index in [9.17, 15) is 4.79 Å². The first-order chi connectivity index (χ1) is 18.4. The summed E-state index contributed by atoms with van der Waals surface area (Å²) in [5.74, 6) is 1.12. The SMILES string of the molecule is CCCN1CCC=C(c2ccc(Nc3nc(Nc4ccc(OC)cc4C(N)=O)c4cc[nH]c4[nH+]3)c(C)c2)C1. The van der Waals surface area contributed by atoms with Gasteiger partial charge >= 0.3 is 5.95 Å². The molecular formula is C29H34N7O2+. The third kappa shape index (κ3) is 5.33. The van der Waals surface area contributed by atoms with Crippen LogP contribution in [0, 0.1) is 6.92 Å². The number of aromatic amines is 2. The topological polar surface area (TPSA) is 122 Å². The Hall–Kier alpha value is -4.37. The lowest BCUT2D eigenvalue weighted by Gasteiger charge is -2.27. The fraction of sp³-hybridized carbons (Fsp3) is 0.276. The highest BCUT2D eigenvalue weighted by Gasteiger charge is 2.19. The highest BCUT2D eigenvalue weighted by Crippen LogP contribution is 2.30. The van der Waals surface area contributed by atoms with E-state index in [4.69, 9.17) is 15.5 Å². The van der Waals surface area contributed by atoms with Crippen LogP contribution in [-0.4, -0.2) is 47.5 Å². The molecule has 2 aromatic carbocycles. The van der Waals surface area contributed by atoms with Gasteiger partial charge in [0.1, 0.15) is 5.75 Å². The van der Waals surface area contributed by atoms with Gasteiger partial charge in [-0.05, 0) is 79.4 Å². The number of anilines is 4. The number of nitrogens with two attached hydrogens (primary N) is 1. The van der Waals surface area contributed by atoms with Gasteiger partial charge in [-0.2, -0.15) is 0 Å². The Morgan fingerprint density at radius 1 is 1.18 bits per heavy atom. The number of rotatable bonds is 9. The van der Waals surface area contributed by atoms with Gasteiger partial charge < -0.3 is 15.8 Å². The third-order valence-electron chi connectivity index (χ3n) is 6.83. The van der Waals surface area contributed by atoms with E-state index < -0.39 is 5.91 Å². The van der Waals surface area contributed by atoms with E-state index in [1.54, 1.807) is 25.3 Å². The van der Waals surface area contributed by atoms with Gasteiger partial charge in [0.2, 0.25) is 11.5 Å². The maximum atomic E-state index is 12.1. The van der Waals surface area contributed by atoms with Crippen LogP contribution in [0.2, 0.25) is 0 Å². The number of benzene rings is 2. The van der Waals surface area contributed by atoms with Crippen molar-refractivity contribution in [2.75, 3.05) is 37.4 Å². The third-order valence-corrected chi connectivity index (χ3v) is 6.83. The number of hydrogen-bond acceptors (Lipinski definition) is 6. The summed E-state index contributed by atoms with van der Waals surface area (Å²) in [5.41, 5.74) is 12.0. The number of methoxy groups -OCH3 is 1. The van der Waals surface area contributed by atoms with Gasteiger partial charge in [-0.15, -0.1) is 0 Å². The number of H-pyrrole nitrogens is 2. The number of primary amides is 1. The maximum Gasteiger partial charge on any atom is 0.351 e. The minimum absolute atomic E-state index is 0.318. The number of amides is 1. The number of hydrogen-bond donors (Lipinski definition) is 4. The van der Waals surface area contributed by atoms with E-state index in [-0.39, 0.29) is 0 Å². The second-order valence-corrected chi connectivity index (χ2v) is 9.55. The van der Waals surface area contributed by atoms with Gasteiger partial charge in [-0.1, -0.05) is 24.1 Å². The Kier molecular flexibility index (Phi) is 7.28. The highest BCUT2D eigenvalue weighted by molar-refractivity contribution is 6.00. The molecule has 0 aliphatic carbocycles. The average molecular weight is 513 g/mol.